The molecule has 0 fully saturated rings. The molecular weight excluding hydrogens is 338 g/mol. The standard InChI is InChI=1S/C14H12O3.C9H7N/c15-13(16)14(17,11-7-3-1-4-8-11)12-9-5-2-6-10-12;1-2-6-9-8(4-1)5-3-7-10-9/h1-10,17H,(H,15,16);1-7H. The van der Waals surface area contributed by atoms with Crippen LogP contribution in [0.5, 0.6) is 0 Å². The maximum atomic E-state index is 11.4. The Balaban J connectivity index is 0.000000177. The topological polar surface area (TPSA) is 70.4 Å². The van der Waals surface area contributed by atoms with E-state index in [1.165, 1.54) is 5.39 Å². The van der Waals surface area contributed by atoms with Crippen LogP contribution in [0.25, 0.3) is 10.9 Å². The van der Waals surface area contributed by atoms with Gasteiger partial charge in [0.1, 0.15) is 0 Å². The molecule has 0 bridgehead atoms. The Morgan fingerprint density at radius 3 is 1.70 bits per heavy atom. The summed E-state index contributed by atoms with van der Waals surface area (Å²) >= 11 is 0. The van der Waals surface area contributed by atoms with Gasteiger partial charge in [-0.15, -0.1) is 0 Å². The minimum absolute atomic E-state index is 0.346. The van der Waals surface area contributed by atoms with Crippen LogP contribution in [0.2, 0.25) is 0 Å². The summed E-state index contributed by atoms with van der Waals surface area (Å²) in [7, 11) is 0. The predicted octanol–water partition coefficient (Wildman–Crippen LogP) is 4.24. The molecular formula is C23H19NO3. The highest BCUT2D eigenvalue weighted by Crippen LogP contribution is 2.29. The van der Waals surface area contributed by atoms with E-state index in [0.29, 0.717) is 11.1 Å². The van der Waals surface area contributed by atoms with Crippen LogP contribution in [-0.4, -0.2) is 21.2 Å². The number of aliphatic carboxylic acids is 1. The Morgan fingerprint density at radius 1 is 0.704 bits per heavy atom. The van der Waals surface area contributed by atoms with Crippen molar-refractivity contribution < 1.29 is 15.0 Å². The molecule has 4 nitrogen and oxygen atoms in total. The van der Waals surface area contributed by atoms with E-state index >= 15 is 0 Å². The number of aromatic nitrogens is 1. The van der Waals surface area contributed by atoms with Gasteiger partial charge >= 0.3 is 5.97 Å². The van der Waals surface area contributed by atoms with Gasteiger partial charge in [0.05, 0.1) is 5.52 Å². The van der Waals surface area contributed by atoms with Crippen LogP contribution in [0.1, 0.15) is 11.1 Å². The summed E-state index contributed by atoms with van der Waals surface area (Å²) in [6, 6.07) is 28.8. The number of hydrogen-bond acceptors (Lipinski definition) is 3. The number of hydrogen-bond donors (Lipinski definition) is 2. The summed E-state index contributed by atoms with van der Waals surface area (Å²) < 4.78 is 0. The van der Waals surface area contributed by atoms with Gasteiger partial charge in [0.2, 0.25) is 5.60 Å². The van der Waals surface area contributed by atoms with Crippen LogP contribution in [0.3, 0.4) is 0 Å². The van der Waals surface area contributed by atoms with Crippen molar-refractivity contribution in [3.63, 3.8) is 0 Å². The van der Waals surface area contributed by atoms with E-state index in [-0.39, 0.29) is 0 Å². The fraction of sp³-hybridized carbons (Fsp3) is 0.0435. The number of para-hydroxylation sites is 1. The first kappa shape index (κ1) is 18.3. The minimum atomic E-state index is -2.00. The highest BCUT2D eigenvalue weighted by atomic mass is 16.4. The van der Waals surface area contributed by atoms with Crippen molar-refractivity contribution in [3.05, 3.63) is 114 Å². The van der Waals surface area contributed by atoms with Gasteiger partial charge < -0.3 is 10.2 Å². The molecule has 2 N–H and O–H groups in total. The minimum Gasteiger partial charge on any atom is -0.479 e. The molecule has 3 aromatic carbocycles. The van der Waals surface area contributed by atoms with Crippen molar-refractivity contribution in [2.24, 2.45) is 0 Å². The number of carbonyl (C=O) groups is 1. The van der Waals surface area contributed by atoms with Gasteiger partial charge in [-0.2, -0.15) is 0 Å². The number of benzene rings is 3. The lowest BCUT2D eigenvalue weighted by Crippen LogP contribution is -2.36. The monoisotopic (exact) mass is 357 g/mol. The fourth-order valence-corrected chi connectivity index (χ4v) is 2.79. The first-order valence-corrected chi connectivity index (χ1v) is 8.49. The molecule has 0 saturated heterocycles. The summed E-state index contributed by atoms with van der Waals surface area (Å²) in [4.78, 5) is 15.6. The highest BCUT2D eigenvalue weighted by molar-refractivity contribution is 5.83. The molecule has 27 heavy (non-hydrogen) atoms. The number of fused-ring (bicyclic) bond motifs is 1. The highest BCUT2D eigenvalue weighted by Gasteiger charge is 2.39. The second kappa shape index (κ2) is 8.25. The molecule has 0 atom stereocenters. The third-order valence-corrected chi connectivity index (χ3v) is 4.20. The summed E-state index contributed by atoms with van der Waals surface area (Å²) in [5, 5.41) is 20.9. The Bertz CT molecular complexity index is 912. The molecule has 1 aromatic heterocycles. The molecule has 134 valence electrons. The quantitative estimate of drug-likeness (QED) is 0.575. The van der Waals surface area contributed by atoms with Crippen LogP contribution >= 0.6 is 0 Å². The van der Waals surface area contributed by atoms with Crippen LogP contribution in [-0.2, 0) is 10.4 Å². The molecule has 0 saturated carbocycles. The second-order valence-corrected chi connectivity index (χ2v) is 5.94. The lowest BCUT2D eigenvalue weighted by molar-refractivity contribution is -0.155. The number of pyridine rings is 1. The normalized spacial score (nSPS) is 10.7. The van der Waals surface area contributed by atoms with Gasteiger partial charge in [-0.25, -0.2) is 4.79 Å². The predicted molar refractivity (Wildman–Crippen MR) is 105 cm³/mol. The molecule has 4 heteroatoms. The summed E-state index contributed by atoms with van der Waals surface area (Å²) in [6.45, 7) is 0. The van der Waals surface area contributed by atoms with E-state index in [4.69, 9.17) is 0 Å². The Labute approximate surface area is 157 Å². The zero-order valence-electron chi connectivity index (χ0n) is 14.6. The summed E-state index contributed by atoms with van der Waals surface area (Å²) in [5.74, 6) is -1.28. The van der Waals surface area contributed by atoms with Crippen molar-refractivity contribution in [1.29, 1.82) is 0 Å². The molecule has 0 radical (unpaired) electrons. The van der Waals surface area contributed by atoms with E-state index in [9.17, 15) is 15.0 Å². The smallest absolute Gasteiger partial charge is 0.345 e. The lowest BCUT2D eigenvalue weighted by atomic mass is 9.86. The van der Waals surface area contributed by atoms with Crippen LogP contribution < -0.4 is 0 Å². The number of rotatable bonds is 3. The molecule has 4 aromatic rings. The van der Waals surface area contributed by atoms with Crippen molar-refractivity contribution in [2.45, 2.75) is 5.60 Å². The van der Waals surface area contributed by atoms with Crippen LogP contribution in [0.4, 0.5) is 0 Å². The van der Waals surface area contributed by atoms with Crippen molar-refractivity contribution in [3.8, 4) is 0 Å². The summed E-state index contributed by atoms with van der Waals surface area (Å²) in [5.41, 5.74) is -0.245. The largest absolute Gasteiger partial charge is 0.479 e. The SMILES string of the molecule is O=C(O)C(O)(c1ccccc1)c1ccccc1.c1ccc2ncccc2c1. The average Bonchev–Trinajstić information content (AvgIpc) is 2.75. The lowest BCUT2D eigenvalue weighted by Gasteiger charge is -2.24. The van der Waals surface area contributed by atoms with E-state index in [1.807, 2.05) is 30.5 Å². The van der Waals surface area contributed by atoms with Crippen molar-refractivity contribution in [2.75, 3.05) is 0 Å². The molecule has 0 amide bonds. The van der Waals surface area contributed by atoms with E-state index < -0.39 is 11.6 Å². The maximum absolute atomic E-state index is 11.4. The average molecular weight is 357 g/mol. The Kier molecular flexibility index (Phi) is 5.59. The van der Waals surface area contributed by atoms with Crippen LogP contribution in [0, 0.1) is 0 Å². The fourth-order valence-electron chi connectivity index (χ4n) is 2.79. The first-order valence-electron chi connectivity index (χ1n) is 8.49. The van der Waals surface area contributed by atoms with Gasteiger partial charge in [0.15, 0.2) is 0 Å². The molecule has 0 aliphatic heterocycles. The van der Waals surface area contributed by atoms with Gasteiger partial charge in [-0.05, 0) is 23.3 Å². The Morgan fingerprint density at radius 2 is 1.19 bits per heavy atom. The van der Waals surface area contributed by atoms with Crippen LogP contribution in [0.15, 0.2) is 103 Å². The molecule has 0 aliphatic rings. The van der Waals surface area contributed by atoms with E-state index in [0.717, 1.165) is 5.52 Å². The van der Waals surface area contributed by atoms with Crippen molar-refractivity contribution in [1.82, 2.24) is 4.98 Å². The number of carboxylic acids is 1. The van der Waals surface area contributed by atoms with Gasteiger partial charge in [0.25, 0.3) is 0 Å². The maximum Gasteiger partial charge on any atom is 0.345 e. The van der Waals surface area contributed by atoms with E-state index in [2.05, 4.69) is 17.1 Å². The van der Waals surface area contributed by atoms with Crippen molar-refractivity contribution >= 4 is 16.9 Å². The molecule has 0 spiro atoms. The first-order chi connectivity index (χ1) is 13.1. The van der Waals surface area contributed by atoms with Gasteiger partial charge in [-0.1, -0.05) is 84.9 Å². The molecule has 0 aliphatic carbocycles. The molecule has 1 heterocycles. The number of aliphatic hydroxyl groups is 1. The third-order valence-electron chi connectivity index (χ3n) is 4.20. The number of carboxylic acid groups (broad SMARTS) is 1. The third kappa shape index (κ3) is 4.02. The van der Waals surface area contributed by atoms with E-state index in [1.54, 1.807) is 60.7 Å². The zero-order valence-corrected chi connectivity index (χ0v) is 14.6. The van der Waals surface area contributed by atoms with Gasteiger partial charge in [-0.3, -0.25) is 4.98 Å². The summed E-state index contributed by atoms with van der Waals surface area (Å²) in [6.07, 6.45) is 1.81. The van der Waals surface area contributed by atoms with Gasteiger partial charge in [0, 0.05) is 11.6 Å². The number of nitrogens with zero attached hydrogens (tertiary/aromatic N) is 1. The molecule has 0 unspecified atom stereocenters. The molecule has 4 rings (SSSR count). The zero-order chi connectivity index (χ0) is 19.1. The second-order valence-electron chi connectivity index (χ2n) is 5.94. The Hall–Kier alpha value is -3.50.